The lowest BCUT2D eigenvalue weighted by atomic mass is 10.1. The summed E-state index contributed by atoms with van der Waals surface area (Å²) in [5, 5.41) is 35.0. The van der Waals surface area contributed by atoms with Crippen molar-refractivity contribution >= 4 is 17.2 Å². The van der Waals surface area contributed by atoms with Gasteiger partial charge in [0.15, 0.2) is 11.5 Å². The Morgan fingerprint density at radius 3 is 2.90 bits per heavy atom. The molecule has 2 heterocycles. The Labute approximate surface area is 119 Å². The van der Waals surface area contributed by atoms with Gasteiger partial charge in [-0.3, -0.25) is 5.43 Å². The van der Waals surface area contributed by atoms with Gasteiger partial charge in [-0.1, -0.05) is 0 Å². The number of aromatic nitrogens is 4. The normalized spacial score (nSPS) is 11.8. The Kier molecular flexibility index (Phi) is 3.11. The highest BCUT2D eigenvalue weighted by molar-refractivity contribution is 6.01. The van der Waals surface area contributed by atoms with Gasteiger partial charge in [0.2, 0.25) is 0 Å². The van der Waals surface area contributed by atoms with Crippen LogP contribution in [0.1, 0.15) is 12.5 Å². The molecule has 0 saturated carbocycles. The molecule has 0 unspecified atom stereocenters. The minimum Gasteiger partial charge on any atom is -0.508 e. The van der Waals surface area contributed by atoms with Crippen molar-refractivity contribution in [1.29, 1.82) is 0 Å². The zero-order chi connectivity index (χ0) is 14.8. The Bertz CT molecular complexity index is 826. The van der Waals surface area contributed by atoms with Crippen LogP contribution >= 0.6 is 0 Å². The number of nitrogens with one attached hydrogen (secondary N) is 1. The second kappa shape index (κ2) is 5.08. The van der Waals surface area contributed by atoms with E-state index in [1.54, 1.807) is 25.1 Å². The van der Waals surface area contributed by atoms with Crippen molar-refractivity contribution in [3.63, 3.8) is 0 Å². The fourth-order valence-corrected chi connectivity index (χ4v) is 1.82. The zero-order valence-electron chi connectivity index (χ0n) is 11.1. The van der Waals surface area contributed by atoms with Crippen molar-refractivity contribution in [1.82, 2.24) is 19.8 Å². The number of nitrogens with zero attached hydrogens (tertiary/aromatic N) is 5. The van der Waals surface area contributed by atoms with Gasteiger partial charge >= 0.3 is 0 Å². The number of anilines is 1. The number of hydrogen-bond acceptors (Lipinski definition) is 7. The highest BCUT2D eigenvalue weighted by Crippen LogP contribution is 2.23. The van der Waals surface area contributed by atoms with Gasteiger partial charge in [-0.25, -0.2) is 0 Å². The van der Waals surface area contributed by atoms with E-state index in [2.05, 4.69) is 25.8 Å². The SMILES string of the molecule is C/C(=N\Nc1ccc2nncn2n1)c1ccc(O)cc1O. The van der Waals surface area contributed by atoms with E-state index >= 15 is 0 Å². The molecule has 0 aliphatic rings. The standard InChI is InChI=1S/C13H12N6O2/c1-8(10-3-2-9(20)6-11(10)21)15-16-12-4-5-13-17-14-7-19(13)18-12/h2-7,20-21H,1H3,(H,16,18)/b15-8+. The largest absolute Gasteiger partial charge is 0.508 e. The van der Waals surface area contributed by atoms with E-state index in [9.17, 15) is 10.2 Å². The molecule has 0 fully saturated rings. The van der Waals surface area contributed by atoms with Crippen molar-refractivity contribution in [3.05, 3.63) is 42.2 Å². The molecule has 0 radical (unpaired) electrons. The molecular formula is C13H12N6O2. The van der Waals surface area contributed by atoms with Crippen LogP contribution in [0.3, 0.4) is 0 Å². The number of hydrazone groups is 1. The first-order valence-corrected chi connectivity index (χ1v) is 6.13. The van der Waals surface area contributed by atoms with E-state index in [4.69, 9.17) is 0 Å². The van der Waals surface area contributed by atoms with Crippen molar-refractivity contribution in [2.24, 2.45) is 5.10 Å². The van der Waals surface area contributed by atoms with Gasteiger partial charge in [0, 0.05) is 11.6 Å². The number of benzene rings is 1. The number of hydrogen-bond donors (Lipinski definition) is 3. The topological polar surface area (TPSA) is 108 Å². The van der Waals surface area contributed by atoms with Gasteiger partial charge in [0.1, 0.15) is 17.8 Å². The molecule has 0 atom stereocenters. The maximum atomic E-state index is 9.77. The van der Waals surface area contributed by atoms with Crippen molar-refractivity contribution < 1.29 is 10.2 Å². The minimum atomic E-state index is -0.0414. The number of phenolic OH excluding ortho intramolecular Hbond substituents is 2. The molecule has 3 rings (SSSR count). The first-order valence-electron chi connectivity index (χ1n) is 6.13. The van der Waals surface area contributed by atoms with Crippen molar-refractivity contribution in [3.8, 4) is 11.5 Å². The quantitative estimate of drug-likeness (QED) is 0.495. The molecule has 0 saturated heterocycles. The molecule has 0 spiro atoms. The summed E-state index contributed by atoms with van der Waals surface area (Å²) in [5.74, 6) is 0.469. The minimum absolute atomic E-state index is 0.00302. The van der Waals surface area contributed by atoms with E-state index in [1.165, 1.54) is 23.0 Å². The van der Waals surface area contributed by atoms with Crippen LogP contribution in [0.15, 0.2) is 41.8 Å². The lowest BCUT2D eigenvalue weighted by Gasteiger charge is -2.05. The molecule has 0 aliphatic carbocycles. The van der Waals surface area contributed by atoms with Crippen LogP contribution in [0.25, 0.3) is 5.65 Å². The molecule has 8 heteroatoms. The van der Waals surface area contributed by atoms with Crippen molar-refractivity contribution in [2.45, 2.75) is 6.92 Å². The average Bonchev–Trinajstić information content (AvgIpc) is 2.92. The van der Waals surface area contributed by atoms with Crippen LogP contribution in [0.2, 0.25) is 0 Å². The van der Waals surface area contributed by atoms with Crippen LogP contribution in [-0.2, 0) is 0 Å². The maximum absolute atomic E-state index is 9.77. The van der Waals surface area contributed by atoms with E-state index in [-0.39, 0.29) is 11.5 Å². The number of rotatable bonds is 3. The maximum Gasteiger partial charge on any atom is 0.177 e. The Hall–Kier alpha value is -3.16. The summed E-state index contributed by atoms with van der Waals surface area (Å²) in [6.07, 6.45) is 1.49. The molecule has 0 amide bonds. The van der Waals surface area contributed by atoms with Crippen LogP contribution in [0.5, 0.6) is 11.5 Å². The summed E-state index contributed by atoms with van der Waals surface area (Å²) in [6.45, 7) is 1.73. The predicted molar refractivity (Wildman–Crippen MR) is 76.4 cm³/mol. The van der Waals surface area contributed by atoms with Crippen molar-refractivity contribution in [2.75, 3.05) is 5.43 Å². The Morgan fingerprint density at radius 1 is 1.24 bits per heavy atom. The Balaban J connectivity index is 1.84. The number of aromatic hydroxyl groups is 2. The van der Waals surface area contributed by atoms with Gasteiger partial charge in [0.05, 0.1) is 5.71 Å². The number of phenols is 2. The van der Waals surface area contributed by atoms with Gasteiger partial charge < -0.3 is 10.2 Å². The lowest BCUT2D eigenvalue weighted by Crippen LogP contribution is -2.02. The van der Waals surface area contributed by atoms with Gasteiger partial charge in [-0.2, -0.15) is 9.62 Å². The zero-order valence-corrected chi connectivity index (χ0v) is 11.1. The highest BCUT2D eigenvalue weighted by atomic mass is 16.3. The summed E-state index contributed by atoms with van der Waals surface area (Å²) in [6, 6.07) is 7.80. The van der Waals surface area contributed by atoms with E-state index < -0.39 is 0 Å². The molecule has 8 nitrogen and oxygen atoms in total. The third-order valence-electron chi connectivity index (χ3n) is 2.87. The molecule has 0 bridgehead atoms. The van der Waals surface area contributed by atoms with Crippen LogP contribution < -0.4 is 5.43 Å². The Morgan fingerprint density at radius 2 is 2.10 bits per heavy atom. The average molecular weight is 284 g/mol. The summed E-state index contributed by atoms with van der Waals surface area (Å²) in [7, 11) is 0. The molecule has 21 heavy (non-hydrogen) atoms. The smallest absolute Gasteiger partial charge is 0.177 e. The third-order valence-corrected chi connectivity index (χ3v) is 2.87. The van der Waals surface area contributed by atoms with E-state index in [0.717, 1.165) is 0 Å². The van der Waals surface area contributed by atoms with Crippen LogP contribution in [-0.4, -0.2) is 35.7 Å². The monoisotopic (exact) mass is 284 g/mol. The molecule has 106 valence electrons. The summed E-state index contributed by atoms with van der Waals surface area (Å²) >= 11 is 0. The highest BCUT2D eigenvalue weighted by Gasteiger charge is 2.06. The first kappa shape index (κ1) is 12.9. The van der Waals surface area contributed by atoms with E-state index in [0.29, 0.717) is 22.7 Å². The third kappa shape index (κ3) is 2.59. The lowest BCUT2D eigenvalue weighted by molar-refractivity contribution is 0.450. The predicted octanol–water partition coefficient (Wildman–Crippen LogP) is 1.37. The number of fused-ring (bicyclic) bond motifs is 1. The fourth-order valence-electron chi connectivity index (χ4n) is 1.82. The molecule has 3 N–H and O–H groups in total. The fraction of sp³-hybridized carbons (Fsp3) is 0.0769. The van der Waals surface area contributed by atoms with Gasteiger partial charge in [-0.15, -0.1) is 15.3 Å². The molecule has 0 aliphatic heterocycles. The summed E-state index contributed by atoms with van der Waals surface area (Å²) in [4.78, 5) is 0. The molecular weight excluding hydrogens is 272 g/mol. The second-order valence-corrected chi connectivity index (χ2v) is 4.36. The molecule has 2 aromatic heterocycles. The second-order valence-electron chi connectivity index (χ2n) is 4.36. The van der Waals surface area contributed by atoms with E-state index in [1.807, 2.05) is 0 Å². The van der Waals surface area contributed by atoms with Gasteiger partial charge in [-0.05, 0) is 31.2 Å². The summed E-state index contributed by atoms with van der Waals surface area (Å²) < 4.78 is 1.52. The van der Waals surface area contributed by atoms with Crippen LogP contribution in [0, 0.1) is 0 Å². The molecule has 3 aromatic rings. The summed E-state index contributed by atoms with van der Waals surface area (Å²) in [5.41, 5.74) is 4.50. The molecule has 1 aromatic carbocycles. The van der Waals surface area contributed by atoms with Crippen LogP contribution in [0.4, 0.5) is 5.82 Å². The van der Waals surface area contributed by atoms with Gasteiger partial charge in [0.25, 0.3) is 0 Å². The first-order chi connectivity index (χ1) is 10.1.